The second kappa shape index (κ2) is 6.53. The van der Waals surface area contributed by atoms with Crippen LogP contribution in [0.3, 0.4) is 0 Å². The van der Waals surface area contributed by atoms with E-state index in [0.29, 0.717) is 12.0 Å². The van der Waals surface area contributed by atoms with Crippen molar-refractivity contribution in [2.45, 2.75) is 38.1 Å². The van der Waals surface area contributed by atoms with Gasteiger partial charge in [0.2, 0.25) is 0 Å². The molecular formula is C21H26ClN3. The number of guanidine groups is 1. The Hall–Kier alpha value is -1.74. The Labute approximate surface area is 155 Å². The van der Waals surface area contributed by atoms with E-state index in [1.54, 1.807) is 0 Å². The van der Waals surface area contributed by atoms with Crippen molar-refractivity contribution in [3.63, 3.8) is 0 Å². The van der Waals surface area contributed by atoms with Gasteiger partial charge in [-0.15, -0.1) is 12.4 Å². The summed E-state index contributed by atoms with van der Waals surface area (Å²) in [5, 5.41) is 5.80. The van der Waals surface area contributed by atoms with E-state index in [0.717, 1.165) is 29.4 Å². The van der Waals surface area contributed by atoms with E-state index in [-0.39, 0.29) is 12.4 Å². The molecule has 0 spiro atoms. The summed E-state index contributed by atoms with van der Waals surface area (Å²) in [6.07, 6.45) is 7.00. The Morgan fingerprint density at radius 2 is 1.52 bits per heavy atom. The smallest absolute Gasteiger partial charge is 0.193 e. The van der Waals surface area contributed by atoms with E-state index in [1.807, 2.05) is 0 Å². The van der Waals surface area contributed by atoms with Crippen LogP contribution in [0.25, 0.3) is 10.8 Å². The predicted octanol–water partition coefficient (Wildman–Crippen LogP) is 4.81. The lowest BCUT2D eigenvalue weighted by Crippen LogP contribution is -2.48. The van der Waals surface area contributed by atoms with Crippen molar-refractivity contribution in [1.29, 1.82) is 0 Å². The number of nitrogens with one attached hydrogen (secondary N) is 1. The molecule has 4 saturated carbocycles. The lowest BCUT2D eigenvalue weighted by molar-refractivity contribution is 0.00124. The number of fused-ring (bicyclic) bond motifs is 1. The van der Waals surface area contributed by atoms with Gasteiger partial charge < -0.3 is 11.1 Å². The molecule has 25 heavy (non-hydrogen) atoms. The van der Waals surface area contributed by atoms with Gasteiger partial charge in [-0.2, -0.15) is 0 Å². The van der Waals surface area contributed by atoms with Crippen LogP contribution in [0.15, 0.2) is 47.5 Å². The van der Waals surface area contributed by atoms with Gasteiger partial charge in [0.25, 0.3) is 0 Å². The topological polar surface area (TPSA) is 50.4 Å². The second-order valence-corrected chi connectivity index (χ2v) is 8.12. The number of hydrogen-bond donors (Lipinski definition) is 2. The first kappa shape index (κ1) is 16.7. The molecule has 0 unspecified atom stereocenters. The number of hydrogen-bond acceptors (Lipinski definition) is 1. The van der Waals surface area contributed by atoms with Gasteiger partial charge in [-0.1, -0.05) is 30.3 Å². The molecule has 4 fully saturated rings. The molecule has 0 radical (unpaired) electrons. The van der Waals surface area contributed by atoms with Crippen LogP contribution in [0.2, 0.25) is 0 Å². The van der Waals surface area contributed by atoms with Gasteiger partial charge in [-0.25, -0.2) is 4.99 Å². The predicted molar refractivity (Wildman–Crippen MR) is 107 cm³/mol. The minimum absolute atomic E-state index is 0. The van der Waals surface area contributed by atoms with Crippen LogP contribution < -0.4 is 11.1 Å². The Bertz CT molecular complexity index is 773. The highest BCUT2D eigenvalue weighted by atomic mass is 35.5. The molecule has 2 aromatic carbocycles. The van der Waals surface area contributed by atoms with Gasteiger partial charge in [0.05, 0.1) is 6.04 Å². The van der Waals surface area contributed by atoms with Gasteiger partial charge in [-0.3, -0.25) is 0 Å². The molecule has 4 heteroatoms. The third kappa shape index (κ3) is 3.10. The molecule has 4 aliphatic carbocycles. The normalized spacial score (nSPS) is 33.3. The first-order valence-electron chi connectivity index (χ1n) is 9.34. The summed E-state index contributed by atoms with van der Waals surface area (Å²) in [7, 11) is 0. The molecule has 3 nitrogen and oxygen atoms in total. The highest BCUT2D eigenvalue weighted by Crippen LogP contribution is 2.54. The lowest BCUT2D eigenvalue weighted by Gasteiger charge is -2.53. The van der Waals surface area contributed by atoms with Crippen LogP contribution in [0.5, 0.6) is 0 Å². The van der Waals surface area contributed by atoms with Crippen LogP contribution in [0.4, 0.5) is 5.69 Å². The molecule has 0 amide bonds. The number of halogens is 1. The van der Waals surface area contributed by atoms with Crippen molar-refractivity contribution in [2.75, 3.05) is 5.32 Å². The monoisotopic (exact) mass is 355 g/mol. The summed E-state index contributed by atoms with van der Waals surface area (Å²) in [4.78, 5) is 4.93. The van der Waals surface area contributed by atoms with Gasteiger partial charge in [-0.05, 0) is 78.7 Å². The molecule has 4 bridgehead atoms. The Balaban J connectivity index is 0.00000157. The van der Waals surface area contributed by atoms with E-state index in [4.69, 9.17) is 10.7 Å². The van der Waals surface area contributed by atoms with Crippen LogP contribution in [-0.2, 0) is 0 Å². The van der Waals surface area contributed by atoms with E-state index in [9.17, 15) is 0 Å². The van der Waals surface area contributed by atoms with Gasteiger partial charge >= 0.3 is 0 Å². The van der Waals surface area contributed by atoms with Crippen molar-refractivity contribution in [3.8, 4) is 0 Å². The number of nitrogens with two attached hydrogens (primary N) is 1. The number of nitrogens with zero attached hydrogens (tertiary/aromatic N) is 1. The van der Waals surface area contributed by atoms with Gasteiger partial charge in [0, 0.05) is 5.69 Å². The van der Waals surface area contributed by atoms with Crippen molar-refractivity contribution in [1.82, 2.24) is 0 Å². The quantitative estimate of drug-likeness (QED) is 0.599. The molecule has 0 heterocycles. The molecular weight excluding hydrogens is 330 g/mol. The number of rotatable bonds is 2. The Kier molecular flexibility index (Phi) is 4.36. The minimum atomic E-state index is 0. The summed E-state index contributed by atoms with van der Waals surface area (Å²) in [5.41, 5.74) is 7.30. The van der Waals surface area contributed by atoms with E-state index < -0.39 is 0 Å². The van der Waals surface area contributed by atoms with Crippen LogP contribution >= 0.6 is 12.4 Å². The number of benzene rings is 2. The molecule has 0 aromatic heterocycles. The zero-order chi connectivity index (χ0) is 16.1. The third-order valence-corrected chi connectivity index (χ3v) is 6.49. The van der Waals surface area contributed by atoms with E-state index in [1.165, 1.54) is 42.9 Å². The molecule has 2 aromatic rings. The van der Waals surface area contributed by atoms with E-state index >= 15 is 0 Å². The maximum atomic E-state index is 6.27. The third-order valence-electron chi connectivity index (χ3n) is 6.49. The first-order valence-corrected chi connectivity index (χ1v) is 9.34. The van der Waals surface area contributed by atoms with Crippen molar-refractivity contribution < 1.29 is 0 Å². The second-order valence-electron chi connectivity index (χ2n) is 8.12. The molecule has 0 atom stereocenters. The highest BCUT2D eigenvalue weighted by molar-refractivity contribution is 5.95. The molecule has 6 rings (SSSR count). The fourth-order valence-electron chi connectivity index (χ4n) is 5.72. The SMILES string of the molecule is Cl.NC(=NC1C2CC3CC(C2)CC1C3)Nc1ccc2ccccc2c1. The van der Waals surface area contributed by atoms with Crippen molar-refractivity contribution in [2.24, 2.45) is 34.4 Å². The molecule has 3 N–H and O–H groups in total. The minimum Gasteiger partial charge on any atom is -0.370 e. The number of anilines is 1. The summed E-state index contributed by atoms with van der Waals surface area (Å²) in [6, 6.07) is 15.2. The van der Waals surface area contributed by atoms with Gasteiger partial charge in [0.15, 0.2) is 5.96 Å². The van der Waals surface area contributed by atoms with Gasteiger partial charge in [0.1, 0.15) is 0 Å². The first-order chi connectivity index (χ1) is 11.7. The lowest BCUT2D eigenvalue weighted by atomic mass is 9.54. The summed E-state index contributed by atoms with van der Waals surface area (Å²) in [5.74, 6) is 4.10. The number of aliphatic imine (C=N–C) groups is 1. The van der Waals surface area contributed by atoms with Crippen molar-refractivity contribution >= 4 is 34.8 Å². The fourth-order valence-corrected chi connectivity index (χ4v) is 5.72. The zero-order valence-electron chi connectivity index (χ0n) is 14.4. The molecule has 4 aliphatic rings. The Morgan fingerprint density at radius 1 is 0.880 bits per heavy atom. The van der Waals surface area contributed by atoms with Crippen LogP contribution in [-0.4, -0.2) is 12.0 Å². The zero-order valence-corrected chi connectivity index (χ0v) is 15.2. The van der Waals surface area contributed by atoms with Crippen LogP contribution in [0.1, 0.15) is 32.1 Å². The average Bonchev–Trinajstić information content (AvgIpc) is 2.57. The van der Waals surface area contributed by atoms with E-state index in [2.05, 4.69) is 47.8 Å². The maximum Gasteiger partial charge on any atom is 0.193 e. The Morgan fingerprint density at radius 3 is 2.20 bits per heavy atom. The average molecular weight is 356 g/mol. The molecule has 0 saturated heterocycles. The summed E-state index contributed by atoms with van der Waals surface area (Å²) >= 11 is 0. The summed E-state index contributed by atoms with van der Waals surface area (Å²) < 4.78 is 0. The largest absolute Gasteiger partial charge is 0.370 e. The van der Waals surface area contributed by atoms with Crippen LogP contribution in [0, 0.1) is 23.7 Å². The van der Waals surface area contributed by atoms with Crippen molar-refractivity contribution in [3.05, 3.63) is 42.5 Å². The molecule has 0 aliphatic heterocycles. The summed E-state index contributed by atoms with van der Waals surface area (Å²) in [6.45, 7) is 0. The fraction of sp³-hybridized carbons (Fsp3) is 0.476. The highest BCUT2D eigenvalue weighted by Gasteiger charge is 2.48. The standard InChI is InChI=1S/C21H25N3.ClH/c22-21(23-19-6-5-15-3-1-2-4-16(15)12-19)24-20-17-8-13-7-14(10-17)11-18(20)9-13;/h1-6,12-14,17-18,20H,7-11H2,(H3,22,23,24);1H. The molecule has 132 valence electrons. The maximum absolute atomic E-state index is 6.27.